The van der Waals surface area contributed by atoms with Gasteiger partial charge in [-0.15, -0.1) is 34.2 Å². The summed E-state index contributed by atoms with van der Waals surface area (Å²) in [5.74, 6) is 2.91. The van der Waals surface area contributed by atoms with Crippen molar-refractivity contribution in [1.82, 2.24) is 25.2 Å². The number of rotatable bonds is 7. The van der Waals surface area contributed by atoms with E-state index in [2.05, 4.69) is 45.7 Å². The number of aliphatic imine (C=N–C) groups is 1. The molecule has 0 atom stereocenters. The van der Waals surface area contributed by atoms with Crippen molar-refractivity contribution < 1.29 is 4.74 Å². The first-order chi connectivity index (χ1) is 13.2. The topological polar surface area (TPSA) is 75.8 Å². The Kier molecular flexibility index (Phi) is 8.49. The van der Waals surface area contributed by atoms with Crippen molar-refractivity contribution in [2.24, 2.45) is 10.9 Å². The van der Waals surface area contributed by atoms with Crippen LogP contribution in [0.15, 0.2) is 53.7 Å². The molecule has 0 aliphatic rings. The number of nitrogens with one attached hydrogen (secondary N) is 2. The number of halogens is 1. The third-order valence-corrected chi connectivity index (χ3v) is 4.01. The van der Waals surface area contributed by atoms with Gasteiger partial charge in [0.1, 0.15) is 5.75 Å². The summed E-state index contributed by atoms with van der Waals surface area (Å²) >= 11 is 0. The molecule has 0 bridgehead atoms. The van der Waals surface area contributed by atoms with Crippen LogP contribution in [0, 0.1) is 5.92 Å². The Morgan fingerprint density at radius 3 is 2.61 bits per heavy atom. The Morgan fingerprint density at radius 2 is 1.82 bits per heavy atom. The lowest BCUT2D eigenvalue weighted by Crippen LogP contribution is -2.36. The average Bonchev–Trinajstić information content (AvgIpc) is 3.10. The maximum Gasteiger partial charge on any atom is 0.191 e. The van der Waals surface area contributed by atoms with Gasteiger partial charge in [0, 0.05) is 25.4 Å². The molecule has 2 heterocycles. The highest BCUT2D eigenvalue weighted by molar-refractivity contribution is 14.0. The number of benzene rings is 1. The first-order valence-electron chi connectivity index (χ1n) is 9.11. The summed E-state index contributed by atoms with van der Waals surface area (Å²) in [6.07, 6.45) is 1.95. The lowest BCUT2D eigenvalue weighted by Gasteiger charge is -2.15. The number of para-hydroxylation sites is 1. The summed E-state index contributed by atoms with van der Waals surface area (Å²) in [6, 6.07) is 13.9. The smallest absolute Gasteiger partial charge is 0.191 e. The van der Waals surface area contributed by atoms with Crippen LogP contribution in [0.25, 0.3) is 5.65 Å². The average molecular weight is 494 g/mol. The van der Waals surface area contributed by atoms with Crippen LogP contribution < -0.4 is 15.4 Å². The van der Waals surface area contributed by atoms with Crippen molar-refractivity contribution in [3.63, 3.8) is 0 Å². The van der Waals surface area contributed by atoms with Crippen LogP contribution in [-0.2, 0) is 13.1 Å². The lowest BCUT2D eigenvalue weighted by atomic mass is 10.2. The van der Waals surface area contributed by atoms with Crippen LogP contribution >= 0.6 is 24.0 Å². The molecule has 3 rings (SSSR count). The molecule has 0 saturated carbocycles. The van der Waals surface area contributed by atoms with Crippen molar-refractivity contribution in [2.75, 3.05) is 13.7 Å². The van der Waals surface area contributed by atoms with Crippen LogP contribution in [0.3, 0.4) is 0 Å². The SMILES string of the molecule is CN=C(NCc1ccccc1OCC(C)C)NCc1nnc2ccccn12.I. The molecule has 8 heteroatoms. The fraction of sp³-hybridized carbons (Fsp3) is 0.350. The number of guanidine groups is 1. The number of aromatic nitrogens is 3. The number of fused-ring (bicyclic) bond motifs is 1. The summed E-state index contributed by atoms with van der Waals surface area (Å²) in [4.78, 5) is 4.28. The summed E-state index contributed by atoms with van der Waals surface area (Å²) in [7, 11) is 1.75. The van der Waals surface area contributed by atoms with Gasteiger partial charge in [-0.05, 0) is 24.1 Å². The van der Waals surface area contributed by atoms with Gasteiger partial charge in [-0.25, -0.2) is 0 Å². The Balaban J connectivity index is 0.00000280. The molecular formula is C20H27IN6O. The van der Waals surface area contributed by atoms with Crippen LogP contribution in [-0.4, -0.2) is 34.2 Å². The van der Waals surface area contributed by atoms with E-state index in [0.717, 1.165) is 22.8 Å². The Morgan fingerprint density at radius 1 is 1.07 bits per heavy atom. The largest absolute Gasteiger partial charge is 0.493 e. The van der Waals surface area contributed by atoms with Crippen molar-refractivity contribution in [1.29, 1.82) is 0 Å². The van der Waals surface area contributed by atoms with Gasteiger partial charge in [-0.1, -0.05) is 38.1 Å². The fourth-order valence-corrected chi connectivity index (χ4v) is 2.62. The first-order valence-corrected chi connectivity index (χ1v) is 9.11. The van der Waals surface area contributed by atoms with Gasteiger partial charge in [0.2, 0.25) is 0 Å². The molecule has 3 aromatic rings. The highest BCUT2D eigenvalue weighted by Gasteiger charge is 2.08. The van der Waals surface area contributed by atoms with Crippen LogP contribution in [0.1, 0.15) is 25.2 Å². The van der Waals surface area contributed by atoms with Gasteiger partial charge < -0.3 is 15.4 Å². The Hall–Kier alpha value is -2.36. The zero-order valence-electron chi connectivity index (χ0n) is 16.4. The molecular weight excluding hydrogens is 467 g/mol. The zero-order valence-corrected chi connectivity index (χ0v) is 18.8. The number of hydrogen-bond acceptors (Lipinski definition) is 4. The van der Waals surface area contributed by atoms with E-state index >= 15 is 0 Å². The molecule has 1 aromatic carbocycles. The molecule has 0 amide bonds. The number of pyridine rings is 1. The van der Waals surface area contributed by atoms with E-state index < -0.39 is 0 Å². The van der Waals surface area contributed by atoms with Crippen molar-refractivity contribution in [2.45, 2.75) is 26.9 Å². The molecule has 0 saturated heterocycles. The maximum atomic E-state index is 5.91. The van der Waals surface area contributed by atoms with E-state index in [-0.39, 0.29) is 24.0 Å². The van der Waals surface area contributed by atoms with Crippen LogP contribution in [0.2, 0.25) is 0 Å². The quantitative estimate of drug-likeness (QED) is 0.300. The van der Waals surface area contributed by atoms with Crippen molar-refractivity contribution >= 4 is 35.6 Å². The molecule has 0 fully saturated rings. The van der Waals surface area contributed by atoms with E-state index in [1.165, 1.54) is 0 Å². The fourth-order valence-electron chi connectivity index (χ4n) is 2.62. The molecule has 0 spiro atoms. The minimum absolute atomic E-state index is 0. The van der Waals surface area contributed by atoms with Gasteiger partial charge in [0.15, 0.2) is 17.4 Å². The zero-order chi connectivity index (χ0) is 19.1. The van der Waals surface area contributed by atoms with E-state index in [9.17, 15) is 0 Å². The van der Waals surface area contributed by atoms with Crippen molar-refractivity contribution in [3.8, 4) is 5.75 Å². The second-order valence-electron chi connectivity index (χ2n) is 6.64. The second-order valence-corrected chi connectivity index (χ2v) is 6.64. The number of nitrogens with zero attached hydrogens (tertiary/aromatic N) is 4. The second kappa shape index (κ2) is 10.8. The van der Waals surface area contributed by atoms with Crippen LogP contribution in [0.4, 0.5) is 0 Å². The van der Waals surface area contributed by atoms with E-state index in [0.29, 0.717) is 31.6 Å². The Labute approximate surface area is 182 Å². The molecule has 0 radical (unpaired) electrons. The van der Waals surface area contributed by atoms with Gasteiger partial charge >= 0.3 is 0 Å². The van der Waals surface area contributed by atoms with E-state index in [4.69, 9.17) is 4.74 Å². The third kappa shape index (κ3) is 5.82. The Bertz CT molecular complexity index is 908. The molecule has 7 nitrogen and oxygen atoms in total. The van der Waals surface area contributed by atoms with Gasteiger partial charge in [0.05, 0.1) is 13.2 Å². The molecule has 28 heavy (non-hydrogen) atoms. The maximum absolute atomic E-state index is 5.91. The molecule has 0 aliphatic heterocycles. The minimum atomic E-state index is 0. The lowest BCUT2D eigenvalue weighted by molar-refractivity contribution is 0.268. The van der Waals surface area contributed by atoms with Gasteiger partial charge in [-0.3, -0.25) is 9.39 Å². The van der Waals surface area contributed by atoms with Gasteiger partial charge in [-0.2, -0.15) is 0 Å². The van der Waals surface area contributed by atoms with Gasteiger partial charge in [0.25, 0.3) is 0 Å². The summed E-state index contributed by atoms with van der Waals surface area (Å²) < 4.78 is 7.86. The highest BCUT2D eigenvalue weighted by Crippen LogP contribution is 2.18. The monoisotopic (exact) mass is 494 g/mol. The summed E-state index contributed by atoms with van der Waals surface area (Å²) in [5, 5.41) is 15.0. The summed E-state index contributed by atoms with van der Waals surface area (Å²) in [6.45, 7) is 6.12. The normalized spacial score (nSPS) is 11.4. The van der Waals surface area contributed by atoms with Crippen molar-refractivity contribution in [3.05, 3.63) is 60.0 Å². The predicted molar refractivity (Wildman–Crippen MR) is 122 cm³/mol. The molecule has 2 aromatic heterocycles. The molecule has 0 unspecified atom stereocenters. The highest BCUT2D eigenvalue weighted by atomic mass is 127. The standard InChI is InChI=1S/C20H26N6O.HI/c1-15(2)14-27-17-9-5-4-8-16(17)12-22-20(21-3)23-13-19-25-24-18-10-6-7-11-26(18)19;/h4-11,15H,12-14H2,1-3H3,(H2,21,22,23);1H. The molecule has 150 valence electrons. The molecule has 2 N–H and O–H groups in total. The third-order valence-electron chi connectivity index (χ3n) is 4.01. The predicted octanol–water partition coefficient (Wildman–Crippen LogP) is 3.25. The van der Waals surface area contributed by atoms with E-state index in [1.54, 1.807) is 7.05 Å². The van der Waals surface area contributed by atoms with Crippen LogP contribution in [0.5, 0.6) is 5.75 Å². The number of hydrogen-bond donors (Lipinski definition) is 2. The summed E-state index contributed by atoms with van der Waals surface area (Å²) in [5.41, 5.74) is 1.92. The first kappa shape index (κ1) is 21.9. The van der Waals surface area contributed by atoms with E-state index in [1.807, 2.05) is 47.0 Å². The minimum Gasteiger partial charge on any atom is -0.493 e. The molecule has 0 aliphatic carbocycles. The number of ether oxygens (including phenoxy) is 1.